The normalized spacial score (nSPS) is 22.1. The third-order valence-electron chi connectivity index (χ3n) is 11.0. The number of hydrogen-bond donors (Lipinski definition) is 5. The number of carbonyl (C=O) groups excluding carboxylic acids is 4. The van der Waals surface area contributed by atoms with Gasteiger partial charge in [-0.25, -0.2) is 14.6 Å². The zero-order valence-corrected chi connectivity index (χ0v) is 33.0. The van der Waals surface area contributed by atoms with Crippen LogP contribution in [-0.4, -0.2) is 102 Å². The monoisotopic (exact) mass is 796 g/mol. The standard InChI is InChI=1S/C42H52N8O8/c1-55-41(53)46-31-9-4-3-6-22-57-24-20-30(45-38(31)51)36-43-25-33(44-36)28-16-12-26(13-17-28)27-14-18-29(19-15-27)35-39-49-37(48-35)34-11-8-21-50(34)40(52)32(47-42(54)56-2)10-5-7-23-58-39/h12-19,25,30-32,34H,3-11,20-24H2,1-2H3,(H,43,44)(H,45,51)(H,46,53)(H,47,54)(H,48,49)/t30-,31-,32-,34?/m0/s1. The molecule has 16 nitrogen and oxygen atoms in total. The van der Waals surface area contributed by atoms with Crippen LogP contribution >= 0.6 is 0 Å². The van der Waals surface area contributed by atoms with Crippen molar-refractivity contribution in [3.05, 3.63) is 66.4 Å². The van der Waals surface area contributed by atoms with Crippen molar-refractivity contribution in [1.82, 2.24) is 40.8 Å². The first-order valence-electron chi connectivity index (χ1n) is 20.2. The minimum absolute atomic E-state index is 0.128. The fraction of sp³-hybridized carbons (Fsp3) is 0.476. The molecule has 2 bridgehead atoms. The highest BCUT2D eigenvalue weighted by Crippen LogP contribution is 2.37. The zero-order chi connectivity index (χ0) is 40.4. The largest absolute Gasteiger partial charge is 0.476 e. The first-order valence-corrected chi connectivity index (χ1v) is 20.2. The van der Waals surface area contributed by atoms with Gasteiger partial charge in [-0.1, -0.05) is 61.4 Å². The number of nitrogens with zero attached hydrogens (tertiary/aromatic N) is 3. The molecule has 2 fully saturated rings. The molecule has 0 aliphatic carbocycles. The predicted molar refractivity (Wildman–Crippen MR) is 214 cm³/mol. The van der Waals surface area contributed by atoms with E-state index in [1.165, 1.54) is 14.2 Å². The van der Waals surface area contributed by atoms with E-state index in [9.17, 15) is 19.2 Å². The minimum atomic E-state index is -0.713. The Morgan fingerprint density at radius 3 is 2.12 bits per heavy atom. The van der Waals surface area contributed by atoms with E-state index >= 15 is 0 Å². The van der Waals surface area contributed by atoms with E-state index in [2.05, 4.69) is 55.2 Å². The summed E-state index contributed by atoms with van der Waals surface area (Å²) in [6.45, 7) is 2.09. The van der Waals surface area contributed by atoms with Crippen molar-refractivity contribution in [3.8, 4) is 39.5 Å². The molecule has 4 atom stereocenters. The summed E-state index contributed by atoms with van der Waals surface area (Å²) in [6.07, 6.45) is 7.51. The van der Waals surface area contributed by atoms with Crippen LogP contribution in [0.4, 0.5) is 9.59 Å². The van der Waals surface area contributed by atoms with Gasteiger partial charge in [-0.2, -0.15) is 4.98 Å². The molecule has 2 aromatic carbocycles. The lowest BCUT2D eigenvalue weighted by atomic mass is 10.0. The molecular weight excluding hydrogens is 745 g/mol. The van der Waals surface area contributed by atoms with E-state index in [4.69, 9.17) is 23.9 Å². The van der Waals surface area contributed by atoms with Gasteiger partial charge >= 0.3 is 12.2 Å². The number of aromatic nitrogens is 4. The van der Waals surface area contributed by atoms with Crippen molar-refractivity contribution >= 4 is 24.0 Å². The molecule has 3 aliphatic heterocycles. The number of hydrogen-bond acceptors (Lipinski definition) is 10. The molecule has 16 heteroatoms. The third-order valence-corrected chi connectivity index (χ3v) is 11.0. The molecular formula is C42H52N8O8. The van der Waals surface area contributed by atoms with E-state index in [0.29, 0.717) is 76.0 Å². The van der Waals surface area contributed by atoms with Crippen molar-refractivity contribution in [2.45, 2.75) is 88.4 Å². The maximum atomic E-state index is 13.7. The maximum Gasteiger partial charge on any atom is 0.407 e. The molecule has 0 saturated carbocycles. The highest BCUT2D eigenvalue weighted by atomic mass is 16.5. The SMILES string of the molecule is COC(=O)N[C@H]1CCCCCOCC[C@@H](c2ncc(-c3ccc(-c4ccc(-c5[nH]c6nc5OCCCC[C@H](NC(=O)OC)C(=O)N5CCCC65)cc4)cc3)[nH]2)NC1=O. The number of rotatable bonds is 6. The second kappa shape index (κ2) is 19.0. The number of aromatic amines is 2. The van der Waals surface area contributed by atoms with E-state index in [1.54, 1.807) is 6.20 Å². The van der Waals surface area contributed by atoms with Gasteiger partial charge in [0.2, 0.25) is 17.7 Å². The number of H-pyrrole nitrogens is 2. The summed E-state index contributed by atoms with van der Waals surface area (Å²) < 4.78 is 21.6. The summed E-state index contributed by atoms with van der Waals surface area (Å²) >= 11 is 0. The van der Waals surface area contributed by atoms with Crippen LogP contribution < -0.4 is 20.7 Å². The molecule has 5 heterocycles. The predicted octanol–water partition coefficient (Wildman–Crippen LogP) is 5.95. The van der Waals surface area contributed by atoms with Gasteiger partial charge in [-0.05, 0) is 68.1 Å². The fourth-order valence-electron chi connectivity index (χ4n) is 7.81. The first-order chi connectivity index (χ1) is 28.3. The molecule has 2 saturated heterocycles. The Hall–Kier alpha value is -5.90. The van der Waals surface area contributed by atoms with E-state index in [0.717, 1.165) is 65.7 Å². The molecule has 7 rings (SSSR count). The summed E-state index contributed by atoms with van der Waals surface area (Å²) in [6, 6.07) is 14.3. The number of imidazole rings is 2. The number of benzene rings is 2. The van der Waals surface area contributed by atoms with Crippen LogP contribution in [-0.2, 0) is 23.8 Å². The van der Waals surface area contributed by atoms with Crippen LogP contribution in [0.2, 0.25) is 0 Å². The Bertz CT molecular complexity index is 2030. The smallest absolute Gasteiger partial charge is 0.407 e. The van der Waals surface area contributed by atoms with Gasteiger partial charge in [0.05, 0.1) is 44.8 Å². The number of methoxy groups -OCH3 is 2. The van der Waals surface area contributed by atoms with Crippen LogP contribution in [0.25, 0.3) is 33.6 Å². The Morgan fingerprint density at radius 1 is 0.724 bits per heavy atom. The molecule has 4 aromatic rings. The molecule has 0 spiro atoms. The van der Waals surface area contributed by atoms with Gasteiger partial charge in [0.25, 0.3) is 0 Å². The van der Waals surface area contributed by atoms with Crippen molar-refractivity contribution in [1.29, 1.82) is 0 Å². The second-order valence-electron chi connectivity index (χ2n) is 14.9. The van der Waals surface area contributed by atoms with E-state index in [-0.39, 0.29) is 17.9 Å². The fourth-order valence-corrected chi connectivity index (χ4v) is 7.81. The van der Waals surface area contributed by atoms with Gasteiger partial charge < -0.3 is 49.8 Å². The Balaban J connectivity index is 1.05. The van der Waals surface area contributed by atoms with E-state index in [1.807, 2.05) is 29.2 Å². The lowest BCUT2D eigenvalue weighted by Crippen LogP contribution is -2.48. The highest BCUT2D eigenvalue weighted by Gasteiger charge is 2.37. The van der Waals surface area contributed by atoms with Crippen LogP contribution in [0, 0.1) is 0 Å². The Morgan fingerprint density at radius 2 is 1.38 bits per heavy atom. The molecule has 3 aliphatic rings. The van der Waals surface area contributed by atoms with Crippen LogP contribution in [0.15, 0.2) is 54.7 Å². The summed E-state index contributed by atoms with van der Waals surface area (Å²) in [5.41, 5.74) is 5.46. The van der Waals surface area contributed by atoms with Crippen LogP contribution in [0.1, 0.15) is 87.9 Å². The van der Waals surface area contributed by atoms with Gasteiger partial charge in [-0.15, -0.1) is 0 Å². The first kappa shape index (κ1) is 40.3. The quantitative estimate of drug-likeness (QED) is 0.155. The molecule has 5 N–H and O–H groups in total. The van der Waals surface area contributed by atoms with Crippen molar-refractivity contribution in [3.63, 3.8) is 0 Å². The summed E-state index contributed by atoms with van der Waals surface area (Å²) in [5, 5.41) is 8.46. The third kappa shape index (κ3) is 9.61. The van der Waals surface area contributed by atoms with Crippen molar-refractivity contribution < 1.29 is 38.1 Å². The van der Waals surface area contributed by atoms with Crippen molar-refractivity contribution in [2.24, 2.45) is 0 Å². The number of amides is 4. The number of carbonyl (C=O) groups is 4. The molecule has 1 unspecified atom stereocenters. The molecule has 4 amide bonds. The average molecular weight is 797 g/mol. The van der Waals surface area contributed by atoms with E-state index < -0.39 is 30.3 Å². The zero-order valence-electron chi connectivity index (χ0n) is 33.0. The topological polar surface area (TPSA) is 202 Å². The number of alkyl carbamates (subject to hydrolysis) is 2. The summed E-state index contributed by atoms with van der Waals surface area (Å²) in [4.78, 5) is 69.2. The Kier molecular flexibility index (Phi) is 13.2. The maximum absolute atomic E-state index is 13.7. The average Bonchev–Trinajstić information content (AvgIpc) is 4.03. The molecule has 0 radical (unpaired) electrons. The van der Waals surface area contributed by atoms with Crippen LogP contribution in [0.5, 0.6) is 5.88 Å². The molecule has 2 aromatic heterocycles. The molecule has 308 valence electrons. The van der Waals surface area contributed by atoms with Gasteiger partial charge in [0.15, 0.2) is 0 Å². The Labute approximate surface area is 337 Å². The number of ether oxygens (including phenoxy) is 4. The van der Waals surface area contributed by atoms with Crippen LogP contribution in [0.3, 0.4) is 0 Å². The van der Waals surface area contributed by atoms with Gasteiger partial charge in [0, 0.05) is 25.3 Å². The summed E-state index contributed by atoms with van der Waals surface area (Å²) in [7, 11) is 2.58. The number of nitrogens with one attached hydrogen (secondary N) is 5. The number of fused-ring (bicyclic) bond motifs is 4. The van der Waals surface area contributed by atoms with Gasteiger partial charge in [-0.3, -0.25) is 9.59 Å². The lowest BCUT2D eigenvalue weighted by Gasteiger charge is -2.28. The highest BCUT2D eigenvalue weighted by molar-refractivity contribution is 5.87. The second-order valence-corrected chi connectivity index (χ2v) is 14.9. The van der Waals surface area contributed by atoms with Crippen molar-refractivity contribution in [2.75, 3.05) is 40.6 Å². The summed E-state index contributed by atoms with van der Waals surface area (Å²) in [5.74, 6) is 1.35. The minimum Gasteiger partial charge on any atom is -0.476 e. The molecule has 58 heavy (non-hydrogen) atoms. The van der Waals surface area contributed by atoms with Gasteiger partial charge in [0.1, 0.15) is 29.4 Å². The lowest BCUT2D eigenvalue weighted by molar-refractivity contribution is -0.134.